The van der Waals surface area contributed by atoms with E-state index in [4.69, 9.17) is 15.2 Å². The third kappa shape index (κ3) is 4.64. The van der Waals surface area contributed by atoms with Crippen molar-refractivity contribution in [3.05, 3.63) is 23.8 Å². The summed E-state index contributed by atoms with van der Waals surface area (Å²) in [5, 5.41) is 5.08. The van der Waals surface area contributed by atoms with E-state index >= 15 is 0 Å². The number of primary amides is 1. The molecule has 0 saturated carbocycles. The van der Waals surface area contributed by atoms with E-state index in [0.717, 1.165) is 5.56 Å². The van der Waals surface area contributed by atoms with Gasteiger partial charge in [0.15, 0.2) is 17.6 Å². The second-order valence-electron chi connectivity index (χ2n) is 4.53. The van der Waals surface area contributed by atoms with Crippen molar-refractivity contribution in [2.45, 2.75) is 26.0 Å². The zero-order valence-electron chi connectivity index (χ0n) is 12.6. The normalized spacial score (nSPS) is 13.1. The van der Waals surface area contributed by atoms with Gasteiger partial charge in [0.25, 0.3) is 5.91 Å². The van der Waals surface area contributed by atoms with E-state index in [-0.39, 0.29) is 6.04 Å². The molecule has 7 nitrogen and oxygen atoms in total. The Morgan fingerprint density at radius 1 is 1.24 bits per heavy atom. The minimum atomic E-state index is -0.916. The highest BCUT2D eigenvalue weighted by atomic mass is 16.5. The summed E-state index contributed by atoms with van der Waals surface area (Å²) in [4.78, 5) is 22.2. The van der Waals surface area contributed by atoms with Crippen molar-refractivity contribution in [3.63, 3.8) is 0 Å². The summed E-state index contributed by atoms with van der Waals surface area (Å²) < 4.78 is 10.8. The lowest BCUT2D eigenvalue weighted by Crippen LogP contribution is -2.42. The first-order valence-electron chi connectivity index (χ1n) is 6.51. The van der Waals surface area contributed by atoms with Crippen LogP contribution in [0.4, 0.5) is 4.79 Å². The molecule has 1 aromatic carbocycles. The first-order valence-corrected chi connectivity index (χ1v) is 6.51. The van der Waals surface area contributed by atoms with Crippen molar-refractivity contribution in [2.24, 2.45) is 5.73 Å². The number of nitrogens with one attached hydrogen (secondary N) is 2. The quantitative estimate of drug-likeness (QED) is 0.724. The fourth-order valence-electron chi connectivity index (χ4n) is 1.68. The molecule has 116 valence electrons. The van der Waals surface area contributed by atoms with E-state index in [9.17, 15) is 9.59 Å². The van der Waals surface area contributed by atoms with Gasteiger partial charge in [0, 0.05) is 6.04 Å². The number of hydrogen-bond acceptors (Lipinski definition) is 5. The zero-order chi connectivity index (χ0) is 16.0. The predicted octanol–water partition coefficient (Wildman–Crippen LogP) is 0.938. The molecule has 1 aromatic rings. The minimum Gasteiger partial charge on any atom is -0.493 e. The number of carbonyl (C=O) groups is 2. The fourth-order valence-corrected chi connectivity index (χ4v) is 1.68. The van der Waals surface area contributed by atoms with Crippen molar-refractivity contribution in [2.75, 3.05) is 14.2 Å². The van der Waals surface area contributed by atoms with Gasteiger partial charge >= 0.3 is 6.03 Å². The molecule has 0 radical (unpaired) electrons. The van der Waals surface area contributed by atoms with Crippen LogP contribution in [-0.2, 0) is 4.79 Å². The summed E-state index contributed by atoms with van der Waals surface area (Å²) in [5.74, 6) is 0.308. The minimum absolute atomic E-state index is 0.156. The molecule has 0 aromatic heterocycles. The Balaban J connectivity index is 2.88. The maximum atomic E-state index is 11.6. The lowest BCUT2D eigenvalue weighted by molar-refractivity contribution is -0.126. The molecule has 0 saturated heterocycles. The number of urea groups is 1. The molecule has 0 aliphatic carbocycles. The Labute approximate surface area is 123 Å². The molecule has 0 spiro atoms. The summed E-state index contributed by atoms with van der Waals surface area (Å²) in [6, 6.07) is 4.66. The molecular weight excluding hydrogens is 274 g/mol. The molecule has 4 N–H and O–H groups in total. The first-order chi connectivity index (χ1) is 9.88. The van der Waals surface area contributed by atoms with E-state index in [2.05, 4.69) is 5.32 Å². The number of nitrogens with two attached hydrogens (primary N) is 1. The van der Waals surface area contributed by atoms with Gasteiger partial charge in [-0.1, -0.05) is 6.07 Å². The van der Waals surface area contributed by atoms with Crippen LogP contribution in [0.25, 0.3) is 0 Å². The molecule has 7 heteroatoms. The lowest BCUT2D eigenvalue weighted by atomic mass is 10.1. The topological polar surface area (TPSA) is 103 Å². The number of rotatable bonds is 6. The molecule has 2 unspecified atom stereocenters. The number of methoxy groups -OCH3 is 1. The van der Waals surface area contributed by atoms with E-state index < -0.39 is 18.0 Å². The van der Waals surface area contributed by atoms with Crippen molar-refractivity contribution < 1.29 is 19.1 Å². The molecule has 0 aliphatic heterocycles. The number of amides is 3. The number of ether oxygens (including phenoxy) is 2. The highest BCUT2D eigenvalue weighted by Crippen LogP contribution is 2.30. The third-order valence-corrected chi connectivity index (χ3v) is 3.04. The summed E-state index contributed by atoms with van der Waals surface area (Å²) in [6.07, 6.45) is -0.876. The Morgan fingerprint density at radius 2 is 1.90 bits per heavy atom. The Kier molecular flexibility index (Phi) is 5.98. The summed E-state index contributed by atoms with van der Waals surface area (Å²) in [5.41, 5.74) is 5.92. The Hall–Kier alpha value is -2.28. The van der Waals surface area contributed by atoms with Crippen LogP contribution in [0, 0.1) is 0 Å². The maximum Gasteiger partial charge on any atom is 0.318 e. The molecule has 0 aliphatic rings. The lowest BCUT2D eigenvalue weighted by Gasteiger charge is -2.18. The molecule has 21 heavy (non-hydrogen) atoms. The standard InChI is InChI=1S/C14H21N3O4/c1-8(16-3)10-5-6-11(12(7-10)20-4)21-9(2)13(18)17-14(15)19/h5-9,16H,1-4H3,(H3,15,17,18,19). The van der Waals surface area contributed by atoms with Crippen molar-refractivity contribution in [3.8, 4) is 11.5 Å². The smallest absolute Gasteiger partial charge is 0.318 e. The molecular formula is C14H21N3O4. The van der Waals surface area contributed by atoms with Crippen LogP contribution in [0.3, 0.4) is 0 Å². The Morgan fingerprint density at radius 3 is 2.43 bits per heavy atom. The molecule has 3 amide bonds. The van der Waals surface area contributed by atoms with Crippen molar-refractivity contribution in [1.29, 1.82) is 0 Å². The molecule has 1 rings (SSSR count). The van der Waals surface area contributed by atoms with Gasteiger partial charge in [-0.05, 0) is 38.6 Å². The van der Waals surface area contributed by atoms with E-state index in [1.807, 2.05) is 31.4 Å². The second kappa shape index (κ2) is 7.49. The monoisotopic (exact) mass is 295 g/mol. The Bertz CT molecular complexity index is 519. The number of hydrogen-bond donors (Lipinski definition) is 3. The van der Waals surface area contributed by atoms with E-state index in [1.165, 1.54) is 14.0 Å². The van der Waals surface area contributed by atoms with Gasteiger partial charge in [0.2, 0.25) is 0 Å². The van der Waals surface area contributed by atoms with Gasteiger partial charge in [-0.3, -0.25) is 10.1 Å². The second-order valence-corrected chi connectivity index (χ2v) is 4.53. The highest BCUT2D eigenvalue weighted by molar-refractivity contribution is 5.95. The van der Waals surface area contributed by atoms with Gasteiger partial charge < -0.3 is 20.5 Å². The summed E-state index contributed by atoms with van der Waals surface area (Å²) in [6.45, 7) is 3.53. The van der Waals surface area contributed by atoms with E-state index in [1.54, 1.807) is 6.07 Å². The number of benzene rings is 1. The van der Waals surface area contributed by atoms with Gasteiger partial charge in [-0.15, -0.1) is 0 Å². The van der Waals surface area contributed by atoms with Crippen LogP contribution in [-0.4, -0.2) is 32.2 Å². The SMILES string of the molecule is CNC(C)c1ccc(OC(C)C(=O)NC(N)=O)c(OC)c1. The molecule has 0 heterocycles. The highest BCUT2D eigenvalue weighted by Gasteiger charge is 2.18. The average Bonchev–Trinajstić information content (AvgIpc) is 2.45. The van der Waals surface area contributed by atoms with Crippen molar-refractivity contribution >= 4 is 11.9 Å². The zero-order valence-corrected chi connectivity index (χ0v) is 12.6. The molecule has 0 fully saturated rings. The van der Waals surface area contributed by atoms with Crippen molar-refractivity contribution in [1.82, 2.24) is 10.6 Å². The molecule has 2 atom stereocenters. The van der Waals surface area contributed by atoms with Gasteiger partial charge in [0.05, 0.1) is 7.11 Å². The van der Waals surface area contributed by atoms with Crippen LogP contribution < -0.4 is 25.8 Å². The largest absolute Gasteiger partial charge is 0.493 e. The van der Waals surface area contributed by atoms with Crippen LogP contribution in [0.2, 0.25) is 0 Å². The third-order valence-electron chi connectivity index (χ3n) is 3.04. The van der Waals surface area contributed by atoms with Crippen LogP contribution in [0.5, 0.6) is 11.5 Å². The summed E-state index contributed by atoms with van der Waals surface area (Å²) >= 11 is 0. The van der Waals surface area contributed by atoms with Crippen LogP contribution >= 0.6 is 0 Å². The number of carbonyl (C=O) groups excluding carboxylic acids is 2. The van der Waals surface area contributed by atoms with Gasteiger partial charge in [-0.2, -0.15) is 0 Å². The average molecular weight is 295 g/mol. The van der Waals surface area contributed by atoms with Crippen LogP contribution in [0.1, 0.15) is 25.5 Å². The summed E-state index contributed by atoms with van der Waals surface area (Å²) in [7, 11) is 3.38. The van der Waals surface area contributed by atoms with E-state index in [0.29, 0.717) is 11.5 Å². The fraction of sp³-hybridized carbons (Fsp3) is 0.429. The van der Waals surface area contributed by atoms with Gasteiger partial charge in [0.1, 0.15) is 0 Å². The van der Waals surface area contributed by atoms with Crippen LogP contribution in [0.15, 0.2) is 18.2 Å². The predicted molar refractivity (Wildman–Crippen MR) is 78.3 cm³/mol. The number of imide groups is 1. The first kappa shape index (κ1) is 16.8. The molecule has 0 bridgehead atoms. The maximum absolute atomic E-state index is 11.6. The van der Waals surface area contributed by atoms with Gasteiger partial charge in [-0.25, -0.2) is 4.79 Å².